The lowest BCUT2D eigenvalue weighted by molar-refractivity contribution is -0.0422. The van der Waals surface area contributed by atoms with Gasteiger partial charge < -0.3 is 24.3 Å². The Morgan fingerprint density at radius 1 is 1.13 bits per heavy atom. The largest absolute Gasteiger partial charge is 0.494 e. The van der Waals surface area contributed by atoms with Crippen molar-refractivity contribution in [1.29, 1.82) is 0 Å². The fraction of sp³-hybridized carbons (Fsp3) is 0.214. The van der Waals surface area contributed by atoms with E-state index in [0.717, 1.165) is 0 Å². The summed E-state index contributed by atoms with van der Waals surface area (Å²) in [7, 11) is 2.79. The lowest BCUT2D eigenvalue weighted by atomic mass is 9.89. The van der Waals surface area contributed by atoms with E-state index in [1.807, 2.05) is 0 Å². The second-order valence-electron chi connectivity index (χ2n) is 9.00. The molecule has 0 aliphatic heterocycles. The molecule has 2 heterocycles. The number of rotatable bonds is 8. The van der Waals surface area contributed by atoms with Gasteiger partial charge in [0.05, 0.1) is 36.7 Å². The highest BCUT2D eigenvalue weighted by Crippen LogP contribution is 2.46. The highest BCUT2D eigenvalue weighted by Gasteiger charge is 2.38. The molecule has 8 nitrogen and oxygen atoms in total. The van der Waals surface area contributed by atoms with Crippen LogP contribution in [0.2, 0.25) is 0 Å². The van der Waals surface area contributed by atoms with Crippen LogP contribution < -0.4 is 4.74 Å². The van der Waals surface area contributed by atoms with Crippen molar-refractivity contribution in [2.24, 2.45) is 0 Å². The second-order valence-corrected chi connectivity index (χ2v) is 9.00. The minimum absolute atomic E-state index is 0.0284. The van der Waals surface area contributed by atoms with Crippen LogP contribution in [0.1, 0.15) is 29.4 Å². The number of benzene rings is 3. The Bertz CT molecular complexity index is 1680. The predicted octanol–water partition coefficient (Wildman–Crippen LogP) is 5.40. The molecule has 0 amide bonds. The van der Waals surface area contributed by atoms with Gasteiger partial charge in [0, 0.05) is 35.2 Å². The summed E-state index contributed by atoms with van der Waals surface area (Å²) >= 11 is 0. The lowest BCUT2D eigenvalue weighted by Crippen LogP contribution is -2.33. The van der Waals surface area contributed by atoms with Crippen molar-refractivity contribution in [2.45, 2.75) is 18.9 Å². The fourth-order valence-electron chi connectivity index (χ4n) is 4.94. The number of methoxy groups -OCH3 is 2. The lowest BCUT2D eigenvalue weighted by Gasteiger charge is -2.30. The summed E-state index contributed by atoms with van der Waals surface area (Å²) in [5.74, 6) is -2.31. The number of ether oxygens (including phenoxy) is 2. The van der Waals surface area contributed by atoms with Crippen LogP contribution >= 0.6 is 0 Å². The van der Waals surface area contributed by atoms with Crippen molar-refractivity contribution < 1.29 is 33.3 Å². The van der Waals surface area contributed by atoms with Gasteiger partial charge in [-0.25, -0.2) is 13.6 Å². The molecule has 1 atom stereocenters. The number of hydrogen-bond acceptors (Lipinski definition) is 5. The maximum absolute atomic E-state index is 16.3. The van der Waals surface area contributed by atoms with Crippen LogP contribution in [-0.4, -0.2) is 51.8 Å². The van der Waals surface area contributed by atoms with E-state index in [1.54, 1.807) is 29.7 Å². The predicted molar refractivity (Wildman–Crippen MR) is 138 cm³/mol. The number of carbonyl (C=O) groups is 1. The topological polar surface area (TPSA) is 110 Å². The minimum atomic E-state index is -1.62. The zero-order valence-corrected chi connectivity index (χ0v) is 20.9. The van der Waals surface area contributed by atoms with Crippen LogP contribution in [0, 0.1) is 11.6 Å². The number of hydrogen-bond donors (Lipinski definition) is 3. The van der Waals surface area contributed by atoms with E-state index in [2.05, 4.69) is 10.2 Å². The monoisotopic (exact) mass is 521 g/mol. The highest BCUT2D eigenvalue weighted by atomic mass is 19.1. The van der Waals surface area contributed by atoms with E-state index < -0.39 is 23.2 Å². The third-order valence-corrected chi connectivity index (χ3v) is 6.83. The number of halogens is 2. The van der Waals surface area contributed by atoms with Gasteiger partial charge in [-0.2, -0.15) is 5.10 Å². The van der Waals surface area contributed by atoms with E-state index in [1.165, 1.54) is 50.7 Å². The Balaban J connectivity index is 2.00. The Hall–Kier alpha value is -4.28. The number of carboxylic acid groups (broad SMARTS) is 1. The molecule has 0 saturated carbocycles. The van der Waals surface area contributed by atoms with Crippen molar-refractivity contribution in [3.05, 3.63) is 77.6 Å². The summed E-state index contributed by atoms with van der Waals surface area (Å²) in [5, 5.41) is 28.7. The Labute approximate surface area is 216 Å². The first-order chi connectivity index (χ1) is 18.2. The number of fused-ring (bicyclic) bond motifs is 2. The van der Waals surface area contributed by atoms with Gasteiger partial charge in [-0.3, -0.25) is 5.10 Å². The van der Waals surface area contributed by atoms with Crippen LogP contribution in [0.5, 0.6) is 5.75 Å². The molecule has 38 heavy (non-hydrogen) atoms. The molecule has 5 rings (SSSR count). The molecule has 0 aliphatic carbocycles. The number of H-pyrrole nitrogens is 1. The summed E-state index contributed by atoms with van der Waals surface area (Å²) in [4.78, 5) is 11.5. The van der Waals surface area contributed by atoms with E-state index in [0.29, 0.717) is 33.4 Å². The van der Waals surface area contributed by atoms with Gasteiger partial charge in [0.15, 0.2) is 17.4 Å². The molecule has 0 saturated heterocycles. The van der Waals surface area contributed by atoms with Gasteiger partial charge in [0.25, 0.3) is 0 Å². The zero-order valence-electron chi connectivity index (χ0n) is 20.9. The molecular weight excluding hydrogens is 496 g/mol. The standard InChI is InChI=1S/C28H25F2N3O5/c1-4-28(36,14-37-2)26-22(15-5-7-16(8-6-15)27(34)35)23-20(11-17-13-31-32-25(17)24(23)30)33(26)18-9-10-19(29)21(12-18)38-3/h5-13,36H,4,14H2,1-3H3,(H,31,32)(H,34,35). The Morgan fingerprint density at radius 3 is 2.50 bits per heavy atom. The van der Waals surface area contributed by atoms with Crippen LogP contribution in [0.15, 0.2) is 54.7 Å². The average Bonchev–Trinajstić information content (AvgIpc) is 3.53. The van der Waals surface area contributed by atoms with E-state index >= 15 is 4.39 Å². The molecule has 0 aliphatic rings. The number of carboxylic acids is 1. The quantitative estimate of drug-likeness (QED) is 0.252. The molecular formula is C28H25F2N3O5. The Morgan fingerprint density at radius 2 is 1.87 bits per heavy atom. The molecule has 5 aromatic rings. The molecule has 10 heteroatoms. The van der Waals surface area contributed by atoms with Crippen molar-refractivity contribution in [1.82, 2.24) is 14.8 Å². The number of aromatic carboxylic acids is 1. The van der Waals surface area contributed by atoms with Crippen LogP contribution in [-0.2, 0) is 10.3 Å². The number of nitrogens with one attached hydrogen (secondary N) is 1. The third kappa shape index (κ3) is 3.89. The fourth-order valence-corrected chi connectivity index (χ4v) is 4.94. The molecule has 0 bridgehead atoms. The average molecular weight is 522 g/mol. The maximum Gasteiger partial charge on any atom is 0.335 e. The van der Waals surface area contributed by atoms with Crippen LogP contribution in [0.25, 0.3) is 38.6 Å². The molecule has 0 spiro atoms. The summed E-state index contributed by atoms with van der Waals surface area (Å²) in [6, 6.07) is 11.9. The normalized spacial score (nSPS) is 13.2. The van der Waals surface area contributed by atoms with Crippen molar-refractivity contribution in [3.8, 4) is 22.6 Å². The number of aromatic amines is 1. The van der Waals surface area contributed by atoms with E-state index in [-0.39, 0.29) is 35.2 Å². The maximum atomic E-state index is 16.3. The van der Waals surface area contributed by atoms with Gasteiger partial charge >= 0.3 is 5.97 Å². The number of aliphatic hydroxyl groups is 1. The number of aromatic nitrogens is 3. The van der Waals surface area contributed by atoms with Gasteiger partial charge in [0.1, 0.15) is 11.1 Å². The van der Waals surface area contributed by atoms with Crippen LogP contribution in [0.3, 0.4) is 0 Å². The van der Waals surface area contributed by atoms with Crippen molar-refractivity contribution >= 4 is 27.8 Å². The summed E-state index contributed by atoms with van der Waals surface area (Å²) < 4.78 is 42.9. The Kier molecular flexibility index (Phi) is 6.38. The smallest absolute Gasteiger partial charge is 0.335 e. The SMILES string of the molecule is CCC(O)(COC)c1c(-c2ccc(C(=O)O)cc2)c2c(F)c3[nH]ncc3cc2n1-c1ccc(F)c(OC)c1. The molecule has 0 fully saturated rings. The molecule has 3 aromatic carbocycles. The van der Waals surface area contributed by atoms with Gasteiger partial charge in [-0.05, 0) is 42.3 Å². The first kappa shape index (κ1) is 25.4. The molecule has 2 aromatic heterocycles. The summed E-state index contributed by atoms with van der Waals surface area (Å²) in [5.41, 5.74) is 0.540. The van der Waals surface area contributed by atoms with Gasteiger partial charge in [0.2, 0.25) is 0 Å². The minimum Gasteiger partial charge on any atom is -0.494 e. The first-order valence-electron chi connectivity index (χ1n) is 11.8. The third-order valence-electron chi connectivity index (χ3n) is 6.83. The van der Waals surface area contributed by atoms with Crippen LogP contribution in [0.4, 0.5) is 8.78 Å². The first-order valence-corrected chi connectivity index (χ1v) is 11.8. The highest BCUT2D eigenvalue weighted by molar-refractivity contribution is 6.06. The molecule has 3 N–H and O–H groups in total. The number of nitrogens with zero attached hydrogens (tertiary/aromatic N) is 2. The molecule has 0 radical (unpaired) electrons. The summed E-state index contributed by atoms with van der Waals surface area (Å²) in [6.07, 6.45) is 1.68. The van der Waals surface area contributed by atoms with Gasteiger partial charge in [-0.1, -0.05) is 19.1 Å². The molecule has 196 valence electrons. The zero-order chi connectivity index (χ0) is 27.2. The van der Waals surface area contributed by atoms with Gasteiger partial charge in [-0.15, -0.1) is 0 Å². The van der Waals surface area contributed by atoms with Crippen molar-refractivity contribution in [2.75, 3.05) is 20.8 Å². The van der Waals surface area contributed by atoms with E-state index in [4.69, 9.17) is 9.47 Å². The summed E-state index contributed by atoms with van der Waals surface area (Å²) in [6.45, 7) is 1.65. The van der Waals surface area contributed by atoms with E-state index in [9.17, 15) is 19.4 Å². The van der Waals surface area contributed by atoms with Crippen molar-refractivity contribution in [3.63, 3.8) is 0 Å². The second kappa shape index (κ2) is 9.55. The molecule has 1 unspecified atom stereocenters.